The molecule has 3 aromatic carbocycles. The molecule has 0 radical (unpaired) electrons. The molecule has 0 bridgehead atoms. The molecule has 0 aliphatic carbocycles. The van der Waals surface area contributed by atoms with Crippen molar-refractivity contribution in [3.05, 3.63) is 89.5 Å². The molecule has 39 heavy (non-hydrogen) atoms. The normalized spacial score (nSPS) is 17.6. The van der Waals surface area contributed by atoms with E-state index in [4.69, 9.17) is 23.7 Å². The Kier molecular flexibility index (Phi) is 9.45. The molecule has 0 unspecified atom stereocenters. The van der Waals surface area contributed by atoms with Crippen LogP contribution in [0.15, 0.2) is 72.8 Å². The van der Waals surface area contributed by atoms with Crippen LogP contribution in [0, 0.1) is 0 Å². The van der Waals surface area contributed by atoms with Crippen LogP contribution in [0.3, 0.4) is 0 Å². The van der Waals surface area contributed by atoms with E-state index >= 15 is 0 Å². The highest BCUT2D eigenvalue weighted by Crippen LogP contribution is 2.42. The van der Waals surface area contributed by atoms with Crippen LogP contribution in [-0.2, 0) is 19.9 Å². The molecule has 1 saturated heterocycles. The number of ether oxygens (including phenoxy) is 5. The fourth-order valence-electron chi connectivity index (χ4n) is 5.26. The number of hydrogen-bond acceptors (Lipinski definition) is 8. The van der Waals surface area contributed by atoms with Crippen LogP contribution in [0.5, 0.6) is 17.2 Å². The molecule has 4 rings (SSSR count). The standard InChI is InChI=1S/C31H37NO7/c1-35-27-11-5-22(6-12-27)31(23-7-13-28(36-2)14-8-23,24-9-15-29(37-3)16-10-24)39-18-17-32-21-26(33)19-25(32)20-30(34)38-4/h5-16,25-26,33H,17-21H2,1-4H3/t25-,26+/m0/s1. The second-order valence-corrected chi connectivity index (χ2v) is 9.53. The Hall–Kier alpha value is -3.59. The lowest BCUT2D eigenvalue weighted by Gasteiger charge is -2.37. The first-order chi connectivity index (χ1) is 18.9. The predicted molar refractivity (Wildman–Crippen MR) is 147 cm³/mol. The minimum absolute atomic E-state index is 0.103. The van der Waals surface area contributed by atoms with Gasteiger partial charge in [0.25, 0.3) is 0 Å². The number of rotatable bonds is 12. The number of carbonyl (C=O) groups excluding carboxylic acids is 1. The Morgan fingerprint density at radius 3 is 1.62 bits per heavy atom. The summed E-state index contributed by atoms with van der Waals surface area (Å²) in [4.78, 5) is 14.1. The minimum atomic E-state index is -0.971. The molecule has 1 fully saturated rings. The van der Waals surface area contributed by atoms with Gasteiger partial charge in [0.1, 0.15) is 22.8 Å². The zero-order chi connectivity index (χ0) is 27.8. The van der Waals surface area contributed by atoms with Gasteiger partial charge in [-0.15, -0.1) is 0 Å². The van der Waals surface area contributed by atoms with Crippen molar-refractivity contribution in [2.75, 3.05) is 48.1 Å². The van der Waals surface area contributed by atoms with E-state index in [1.807, 2.05) is 72.8 Å². The van der Waals surface area contributed by atoms with Gasteiger partial charge in [-0.25, -0.2) is 0 Å². The van der Waals surface area contributed by atoms with Crippen LogP contribution in [0.25, 0.3) is 0 Å². The number of esters is 1. The van der Waals surface area contributed by atoms with Crippen molar-refractivity contribution in [1.29, 1.82) is 0 Å². The van der Waals surface area contributed by atoms with Crippen LogP contribution in [0.2, 0.25) is 0 Å². The summed E-state index contributed by atoms with van der Waals surface area (Å²) in [5.74, 6) is 1.94. The third kappa shape index (κ3) is 6.36. The second-order valence-electron chi connectivity index (χ2n) is 9.53. The van der Waals surface area contributed by atoms with Gasteiger partial charge in [0.15, 0.2) is 0 Å². The molecule has 1 aliphatic rings. The number of benzene rings is 3. The number of likely N-dealkylation sites (tertiary alicyclic amines) is 1. The van der Waals surface area contributed by atoms with E-state index in [1.54, 1.807) is 21.3 Å². The third-order valence-electron chi connectivity index (χ3n) is 7.32. The fourth-order valence-corrected chi connectivity index (χ4v) is 5.26. The van der Waals surface area contributed by atoms with Crippen molar-refractivity contribution < 1.29 is 33.6 Å². The lowest BCUT2D eigenvalue weighted by atomic mass is 9.80. The summed E-state index contributed by atoms with van der Waals surface area (Å²) in [5.41, 5.74) is 1.80. The zero-order valence-electron chi connectivity index (χ0n) is 23.0. The molecule has 0 aromatic heterocycles. The molecule has 8 heteroatoms. The van der Waals surface area contributed by atoms with Crippen molar-refractivity contribution >= 4 is 5.97 Å². The lowest BCUT2D eigenvalue weighted by molar-refractivity contribution is -0.141. The molecule has 0 amide bonds. The largest absolute Gasteiger partial charge is 0.497 e. The highest BCUT2D eigenvalue weighted by atomic mass is 16.5. The van der Waals surface area contributed by atoms with Gasteiger partial charge in [-0.3, -0.25) is 9.69 Å². The van der Waals surface area contributed by atoms with E-state index in [2.05, 4.69) is 4.90 Å². The van der Waals surface area contributed by atoms with Gasteiger partial charge in [-0.05, 0) is 59.5 Å². The van der Waals surface area contributed by atoms with E-state index in [0.717, 1.165) is 33.9 Å². The predicted octanol–water partition coefficient (Wildman–Crippen LogP) is 4.02. The summed E-state index contributed by atoms with van der Waals surface area (Å²) in [7, 11) is 6.30. The number of nitrogens with zero attached hydrogens (tertiary/aromatic N) is 1. The molecule has 1 N–H and O–H groups in total. The molecule has 8 nitrogen and oxygen atoms in total. The summed E-state index contributed by atoms with van der Waals surface area (Å²) in [6.07, 6.45) is 0.262. The van der Waals surface area contributed by atoms with E-state index in [0.29, 0.717) is 26.1 Å². The van der Waals surface area contributed by atoms with E-state index < -0.39 is 11.7 Å². The first-order valence-electron chi connectivity index (χ1n) is 13.0. The zero-order valence-corrected chi connectivity index (χ0v) is 23.0. The Balaban J connectivity index is 1.73. The van der Waals surface area contributed by atoms with Gasteiger partial charge >= 0.3 is 5.97 Å². The van der Waals surface area contributed by atoms with Crippen molar-refractivity contribution in [2.45, 2.75) is 30.6 Å². The molecule has 1 aliphatic heterocycles. The summed E-state index contributed by atoms with van der Waals surface area (Å²) in [5, 5.41) is 10.3. The topological polar surface area (TPSA) is 86.7 Å². The SMILES string of the molecule is COC(=O)C[C@@H]1C[C@@H](O)CN1CCOC(c1ccc(OC)cc1)(c1ccc(OC)cc1)c1ccc(OC)cc1. The molecular weight excluding hydrogens is 498 g/mol. The average Bonchev–Trinajstić information content (AvgIpc) is 3.33. The number of hydrogen-bond donors (Lipinski definition) is 1. The van der Waals surface area contributed by atoms with Crippen molar-refractivity contribution in [1.82, 2.24) is 4.90 Å². The van der Waals surface area contributed by atoms with Crippen molar-refractivity contribution in [3.8, 4) is 17.2 Å². The Bertz CT molecular complexity index is 1080. The molecule has 1 heterocycles. The van der Waals surface area contributed by atoms with Gasteiger partial charge in [0, 0.05) is 19.1 Å². The maximum absolute atomic E-state index is 12.0. The van der Waals surface area contributed by atoms with Crippen LogP contribution >= 0.6 is 0 Å². The fraction of sp³-hybridized carbons (Fsp3) is 0.387. The maximum atomic E-state index is 12.0. The number of methoxy groups -OCH3 is 4. The first kappa shape index (κ1) is 28.4. The minimum Gasteiger partial charge on any atom is -0.497 e. The molecule has 208 valence electrons. The summed E-state index contributed by atoms with van der Waals surface area (Å²) >= 11 is 0. The van der Waals surface area contributed by atoms with Gasteiger partial charge in [-0.2, -0.15) is 0 Å². The summed E-state index contributed by atoms with van der Waals surface area (Å²) in [6.45, 7) is 1.35. The molecular formula is C31H37NO7. The Morgan fingerprint density at radius 2 is 1.23 bits per heavy atom. The van der Waals surface area contributed by atoms with Crippen LogP contribution in [0.4, 0.5) is 0 Å². The molecule has 0 spiro atoms. The van der Waals surface area contributed by atoms with E-state index in [-0.39, 0.29) is 18.4 Å². The van der Waals surface area contributed by atoms with Gasteiger partial charge in [-0.1, -0.05) is 36.4 Å². The quantitative estimate of drug-likeness (QED) is 0.275. The average molecular weight is 536 g/mol. The third-order valence-corrected chi connectivity index (χ3v) is 7.32. The summed E-state index contributed by atoms with van der Waals surface area (Å²) < 4.78 is 28.1. The number of aliphatic hydroxyl groups excluding tert-OH is 1. The van der Waals surface area contributed by atoms with Gasteiger partial charge in [0.05, 0.1) is 47.6 Å². The van der Waals surface area contributed by atoms with Gasteiger partial charge in [0.2, 0.25) is 0 Å². The van der Waals surface area contributed by atoms with E-state index in [1.165, 1.54) is 7.11 Å². The number of aliphatic hydroxyl groups is 1. The summed E-state index contributed by atoms with van der Waals surface area (Å²) in [6, 6.07) is 23.5. The Morgan fingerprint density at radius 1 is 0.795 bits per heavy atom. The molecule has 0 saturated carbocycles. The van der Waals surface area contributed by atoms with Crippen molar-refractivity contribution in [2.24, 2.45) is 0 Å². The Labute approximate surface area is 230 Å². The lowest BCUT2D eigenvalue weighted by Crippen LogP contribution is -2.39. The number of carbonyl (C=O) groups is 1. The highest BCUT2D eigenvalue weighted by Gasteiger charge is 2.39. The van der Waals surface area contributed by atoms with Crippen LogP contribution < -0.4 is 14.2 Å². The van der Waals surface area contributed by atoms with Crippen LogP contribution in [-0.4, -0.2) is 76.3 Å². The van der Waals surface area contributed by atoms with Gasteiger partial charge < -0.3 is 28.8 Å². The van der Waals surface area contributed by atoms with Crippen LogP contribution in [0.1, 0.15) is 29.5 Å². The van der Waals surface area contributed by atoms with E-state index in [9.17, 15) is 9.90 Å². The molecule has 3 aromatic rings. The first-order valence-corrected chi connectivity index (χ1v) is 13.0. The monoisotopic (exact) mass is 535 g/mol. The van der Waals surface area contributed by atoms with Crippen molar-refractivity contribution in [3.63, 3.8) is 0 Å². The number of β-amino-alcohol motifs (C(OH)–C–C–N with tert-alkyl or cyclic N) is 1. The second kappa shape index (κ2) is 13.0. The maximum Gasteiger partial charge on any atom is 0.307 e. The molecule has 2 atom stereocenters. The smallest absolute Gasteiger partial charge is 0.307 e. The highest BCUT2D eigenvalue weighted by molar-refractivity contribution is 5.70.